The molecule has 0 spiro atoms. The number of nitro benzene ring substituents is 1. The van der Waals surface area contributed by atoms with Crippen LogP contribution < -0.4 is 4.74 Å². The maximum atomic E-state index is 13.5. The van der Waals surface area contributed by atoms with Gasteiger partial charge in [0.05, 0.1) is 23.9 Å². The number of amides is 3. The largest absolute Gasteiger partial charge is 0.497 e. The molecule has 0 radical (unpaired) electrons. The Morgan fingerprint density at radius 3 is 2.43 bits per heavy atom. The number of benzene rings is 2. The summed E-state index contributed by atoms with van der Waals surface area (Å²) in [6, 6.07) is 11.1. The fourth-order valence-electron chi connectivity index (χ4n) is 4.40. The van der Waals surface area contributed by atoms with E-state index in [1.807, 2.05) is 13.0 Å². The lowest BCUT2D eigenvalue weighted by molar-refractivity contribution is -0.384. The monoisotopic (exact) mass is 477 g/mol. The fraction of sp³-hybridized carbons (Fsp3) is 0.280. The van der Waals surface area contributed by atoms with Crippen LogP contribution in [0.25, 0.3) is 0 Å². The average Bonchev–Trinajstić information content (AvgIpc) is 3.11. The first-order chi connectivity index (χ1) is 16.7. The Labute approximate surface area is 200 Å². The van der Waals surface area contributed by atoms with E-state index in [1.165, 1.54) is 37.4 Å². The molecule has 2 atom stereocenters. The number of allylic oxidation sites excluding steroid dienone is 2. The second-order valence-corrected chi connectivity index (χ2v) is 8.51. The predicted molar refractivity (Wildman–Crippen MR) is 123 cm³/mol. The molecule has 4 rings (SSSR count). The van der Waals surface area contributed by atoms with Gasteiger partial charge in [-0.15, -0.1) is 0 Å². The van der Waals surface area contributed by atoms with Crippen LogP contribution in [0.4, 0.5) is 5.69 Å². The van der Waals surface area contributed by atoms with Gasteiger partial charge in [-0.3, -0.25) is 29.3 Å². The molecule has 2 aliphatic rings. The minimum Gasteiger partial charge on any atom is -0.497 e. The van der Waals surface area contributed by atoms with E-state index in [0.717, 1.165) is 21.7 Å². The summed E-state index contributed by atoms with van der Waals surface area (Å²) < 4.78 is 5.10. The maximum absolute atomic E-state index is 13.5. The van der Waals surface area contributed by atoms with Crippen LogP contribution in [-0.4, -0.2) is 52.1 Å². The molecular formula is C25H23N3O7. The summed E-state index contributed by atoms with van der Waals surface area (Å²) in [7, 11) is 1.48. The number of nitro groups is 1. The first-order valence-electron chi connectivity index (χ1n) is 11.0. The smallest absolute Gasteiger partial charge is 0.273 e. The van der Waals surface area contributed by atoms with Gasteiger partial charge in [0.15, 0.2) is 5.78 Å². The van der Waals surface area contributed by atoms with E-state index in [9.17, 15) is 29.3 Å². The fourth-order valence-corrected chi connectivity index (χ4v) is 4.40. The van der Waals surface area contributed by atoms with Gasteiger partial charge in [-0.1, -0.05) is 17.7 Å². The van der Waals surface area contributed by atoms with Crippen molar-refractivity contribution in [2.75, 3.05) is 13.7 Å². The predicted octanol–water partition coefficient (Wildman–Crippen LogP) is 3.18. The van der Waals surface area contributed by atoms with Crippen molar-refractivity contribution in [3.05, 3.63) is 81.4 Å². The summed E-state index contributed by atoms with van der Waals surface area (Å²) in [4.78, 5) is 63.7. The van der Waals surface area contributed by atoms with Crippen LogP contribution in [0.5, 0.6) is 5.75 Å². The molecule has 0 N–H and O–H groups in total. The minimum absolute atomic E-state index is 0.119. The third-order valence-electron chi connectivity index (χ3n) is 6.28. The summed E-state index contributed by atoms with van der Waals surface area (Å²) in [6.07, 6.45) is 2.64. The zero-order chi connectivity index (χ0) is 25.3. The van der Waals surface area contributed by atoms with Crippen LogP contribution in [0.1, 0.15) is 40.5 Å². The number of ether oxygens (including phenoxy) is 1. The summed E-state index contributed by atoms with van der Waals surface area (Å²) in [5.41, 5.74) is 0.771. The molecular weight excluding hydrogens is 454 g/mol. The van der Waals surface area contributed by atoms with Crippen LogP contribution in [-0.2, 0) is 9.59 Å². The Kier molecular flexibility index (Phi) is 6.46. The molecule has 180 valence electrons. The van der Waals surface area contributed by atoms with Crippen LogP contribution in [0.3, 0.4) is 0 Å². The van der Waals surface area contributed by atoms with Crippen LogP contribution in [0.2, 0.25) is 0 Å². The Morgan fingerprint density at radius 2 is 1.77 bits per heavy atom. The van der Waals surface area contributed by atoms with Crippen LogP contribution in [0, 0.1) is 22.0 Å². The third kappa shape index (κ3) is 4.54. The van der Waals surface area contributed by atoms with E-state index < -0.39 is 46.8 Å². The molecule has 1 heterocycles. The maximum Gasteiger partial charge on any atom is 0.273 e. The Balaban J connectivity index is 1.70. The summed E-state index contributed by atoms with van der Waals surface area (Å²) >= 11 is 0. The Hall–Kier alpha value is -4.34. The molecule has 2 aromatic rings. The van der Waals surface area contributed by atoms with E-state index in [0.29, 0.717) is 18.6 Å². The van der Waals surface area contributed by atoms with Crippen molar-refractivity contribution in [2.24, 2.45) is 11.8 Å². The number of carbonyl (C=O) groups excluding carboxylic acids is 4. The molecule has 2 aromatic carbocycles. The summed E-state index contributed by atoms with van der Waals surface area (Å²) in [6.45, 7) is 1.27. The Bertz CT molecular complexity index is 1250. The van der Waals surface area contributed by atoms with Crippen molar-refractivity contribution in [2.45, 2.75) is 19.8 Å². The minimum atomic E-state index is -0.861. The lowest BCUT2D eigenvalue weighted by Gasteiger charge is -2.30. The van der Waals surface area contributed by atoms with Gasteiger partial charge in [0.2, 0.25) is 0 Å². The highest BCUT2D eigenvalue weighted by molar-refractivity contribution is 6.09. The van der Waals surface area contributed by atoms with E-state index >= 15 is 0 Å². The first-order valence-corrected chi connectivity index (χ1v) is 11.0. The topological polar surface area (TPSA) is 127 Å². The number of ketones is 1. The SMILES string of the molecule is COc1ccc(C(=O)CN(C(=O)c2cccc([N+](=O)[O-])c2)N2C(=O)[C@H]3CC=C(C)C[C@H]3C2=O)cc1. The molecule has 0 saturated carbocycles. The van der Waals surface area contributed by atoms with Gasteiger partial charge in [0.25, 0.3) is 23.4 Å². The van der Waals surface area contributed by atoms with Crippen molar-refractivity contribution in [3.8, 4) is 5.75 Å². The Morgan fingerprint density at radius 1 is 1.09 bits per heavy atom. The number of nitrogens with zero attached hydrogens (tertiary/aromatic N) is 3. The van der Waals surface area contributed by atoms with Crippen molar-refractivity contribution in [1.82, 2.24) is 10.0 Å². The van der Waals surface area contributed by atoms with Gasteiger partial charge >= 0.3 is 0 Å². The van der Waals surface area contributed by atoms with E-state index in [-0.39, 0.29) is 16.8 Å². The average molecular weight is 477 g/mol. The number of hydrogen-bond donors (Lipinski definition) is 0. The van der Waals surface area contributed by atoms with E-state index in [1.54, 1.807) is 12.1 Å². The van der Waals surface area contributed by atoms with Gasteiger partial charge in [-0.05, 0) is 50.1 Å². The highest BCUT2D eigenvalue weighted by atomic mass is 16.6. The number of non-ortho nitro benzene ring substituents is 1. The number of carbonyl (C=O) groups is 4. The van der Waals surface area contributed by atoms with Crippen molar-refractivity contribution < 1.29 is 28.8 Å². The van der Waals surface area contributed by atoms with Crippen LogP contribution in [0.15, 0.2) is 60.2 Å². The lowest BCUT2D eigenvalue weighted by Crippen LogP contribution is -2.52. The molecule has 10 nitrogen and oxygen atoms in total. The number of fused-ring (bicyclic) bond motifs is 1. The second-order valence-electron chi connectivity index (χ2n) is 8.51. The molecule has 10 heteroatoms. The number of imide groups is 1. The summed E-state index contributed by atoms with van der Waals surface area (Å²) in [5, 5.41) is 12.8. The molecule has 1 fully saturated rings. The number of hydrazine groups is 1. The van der Waals surface area contributed by atoms with E-state index in [2.05, 4.69) is 0 Å². The number of hydrogen-bond acceptors (Lipinski definition) is 7. The molecule has 0 aromatic heterocycles. The van der Waals surface area contributed by atoms with Gasteiger partial charge in [-0.2, -0.15) is 5.01 Å². The molecule has 1 aliphatic heterocycles. The van der Waals surface area contributed by atoms with Gasteiger partial charge in [0, 0.05) is 23.3 Å². The van der Waals surface area contributed by atoms with Crippen molar-refractivity contribution in [1.29, 1.82) is 0 Å². The molecule has 0 unspecified atom stereocenters. The molecule has 0 bridgehead atoms. The van der Waals surface area contributed by atoms with E-state index in [4.69, 9.17) is 4.74 Å². The molecule has 35 heavy (non-hydrogen) atoms. The van der Waals surface area contributed by atoms with Crippen molar-refractivity contribution in [3.63, 3.8) is 0 Å². The lowest BCUT2D eigenvalue weighted by atomic mass is 9.82. The zero-order valence-electron chi connectivity index (χ0n) is 19.2. The quantitative estimate of drug-likeness (QED) is 0.197. The molecule has 1 aliphatic carbocycles. The second kappa shape index (κ2) is 9.49. The first kappa shape index (κ1) is 23.8. The standard InChI is InChI=1S/C25H23N3O7/c1-15-6-11-20-21(12-15)25(32)27(24(20)31)26(14-22(29)16-7-9-19(35-2)10-8-16)23(30)17-4-3-5-18(13-17)28(33)34/h3-10,13,20-21H,11-12,14H2,1-2H3/t20-,21+/m0/s1. The third-order valence-corrected chi connectivity index (χ3v) is 6.28. The number of methoxy groups -OCH3 is 1. The van der Waals surface area contributed by atoms with Gasteiger partial charge < -0.3 is 4.74 Å². The van der Waals surface area contributed by atoms with Crippen molar-refractivity contribution >= 4 is 29.2 Å². The van der Waals surface area contributed by atoms with Crippen LogP contribution >= 0.6 is 0 Å². The summed E-state index contributed by atoms with van der Waals surface area (Å²) in [5.74, 6) is -3.22. The van der Waals surface area contributed by atoms with Gasteiger partial charge in [0.1, 0.15) is 12.3 Å². The zero-order valence-corrected chi connectivity index (χ0v) is 19.2. The number of rotatable bonds is 7. The van der Waals surface area contributed by atoms with Gasteiger partial charge in [-0.25, -0.2) is 5.01 Å². The normalized spacial score (nSPS) is 19.1. The molecule has 1 saturated heterocycles. The highest BCUT2D eigenvalue weighted by Gasteiger charge is 2.51. The number of Topliss-reactive ketones (excluding diaryl/α,β-unsaturated/α-hetero) is 1. The molecule has 3 amide bonds. The highest BCUT2D eigenvalue weighted by Crippen LogP contribution is 2.38.